The molecule has 17 heavy (non-hydrogen) atoms. The number of nitrogens with zero attached hydrogens (tertiary/aromatic N) is 1. The lowest BCUT2D eigenvalue weighted by molar-refractivity contribution is 0.00908. The van der Waals surface area contributed by atoms with E-state index >= 15 is 0 Å². The first-order valence-corrected chi connectivity index (χ1v) is 7.28. The number of sulfonamides is 1. The summed E-state index contributed by atoms with van der Waals surface area (Å²) in [5.41, 5.74) is 0. The van der Waals surface area contributed by atoms with Crippen LogP contribution in [0.5, 0.6) is 0 Å². The molecular formula is C12H17NO3S. The van der Waals surface area contributed by atoms with E-state index < -0.39 is 10.0 Å². The summed E-state index contributed by atoms with van der Waals surface area (Å²) in [6, 6.07) is 8.52. The van der Waals surface area contributed by atoms with Gasteiger partial charge in [0.2, 0.25) is 10.0 Å². The second-order valence-electron chi connectivity index (χ2n) is 3.98. The van der Waals surface area contributed by atoms with Gasteiger partial charge in [0, 0.05) is 13.2 Å². The average molecular weight is 255 g/mol. The maximum atomic E-state index is 12.4. The van der Waals surface area contributed by atoms with Crippen molar-refractivity contribution in [2.24, 2.45) is 0 Å². The van der Waals surface area contributed by atoms with Gasteiger partial charge in [-0.2, -0.15) is 4.31 Å². The van der Waals surface area contributed by atoms with Crippen molar-refractivity contribution in [2.75, 3.05) is 13.2 Å². The van der Waals surface area contributed by atoms with Crippen molar-refractivity contribution in [3.05, 3.63) is 30.3 Å². The van der Waals surface area contributed by atoms with Crippen LogP contribution in [0.15, 0.2) is 35.2 Å². The van der Waals surface area contributed by atoms with Crippen LogP contribution in [0.1, 0.15) is 19.8 Å². The highest BCUT2D eigenvalue weighted by atomic mass is 32.2. The van der Waals surface area contributed by atoms with Gasteiger partial charge in [-0.1, -0.05) is 18.2 Å². The highest BCUT2D eigenvalue weighted by molar-refractivity contribution is 7.89. The molecule has 1 aliphatic heterocycles. The molecule has 1 heterocycles. The molecule has 1 unspecified atom stereocenters. The number of rotatable bonds is 4. The molecule has 94 valence electrons. The Bertz CT molecular complexity index is 458. The fourth-order valence-corrected chi connectivity index (χ4v) is 3.69. The van der Waals surface area contributed by atoms with E-state index in [1.165, 1.54) is 4.31 Å². The Hall–Kier alpha value is -0.910. The monoisotopic (exact) mass is 255 g/mol. The Morgan fingerprint density at radius 2 is 2.06 bits per heavy atom. The first-order valence-electron chi connectivity index (χ1n) is 5.84. The minimum atomic E-state index is -3.40. The summed E-state index contributed by atoms with van der Waals surface area (Å²) in [5.74, 6) is 0. The molecule has 1 fully saturated rings. The molecule has 0 radical (unpaired) electrons. The molecule has 4 nitrogen and oxygen atoms in total. The zero-order chi connectivity index (χ0) is 12.3. The van der Waals surface area contributed by atoms with Crippen LogP contribution in [-0.4, -0.2) is 32.1 Å². The van der Waals surface area contributed by atoms with Crippen LogP contribution in [0.4, 0.5) is 0 Å². The molecule has 0 bridgehead atoms. The maximum absolute atomic E-state index is 12.4. The molecule has 1 aromatic carbocycles. The number of benzene rings is 1. The molecule has 1 atom stereocenters. The van der Waals surface area contributed by atoms with Crippen molar-refractivity contribution in [1.29, 1.82) is 0 Å². The Morgan fingerprint density at radius 1 is 1.35 bits per heavy atom. The van der Waals surface area contributed by atoms with Gasteiger partial charge in [0.1, 0.15) is 6.23 Å². The molecule has 1 saturated heterocycles. The van der Waals surface area contributed by atoms with Gasteiger partial charge in [0.05, 0.1) is 4.90 Å². The summed E-state index contributed by atoms with van der Waals surface area (Å²) in [5, 5.41) is 0. The number of hydrogen-bond acceptors (Lipinski definition) is 3. The summed E-state index contributed by atoms with van der Waals surface area (Å²) in [4.78, 5) is 0.339. The van der Waals surface area contributed by atoms with E-state index in [1.807, 2.05) is 13.0 Å². The van der Waals surface area contributed by atoms with Gasteiger partial charge in [-0.3, -0.25) is 0 Å². The summed E-state index contributed by atoms with van der Waals surface area (Å²) in [6.45, 7) is 2.96. The summed E-state index contributed by atoms with van der Waals surface area (Å²) < 4.78 is 31.7. The largest absolute Gasteiger partial charge is 0.362 e. The highest BCUT2D eigenvalue weighted by Gasteiger charge is 2.35. The van der Waals surface area contributed by atoms with E-state index in [4.69, 9.17) is 4.74 Å². The zero-order valence-corrected chi connectivity index (χ0v) is 10.7. The highest BCUT2D eigenvalue weighted by Crippen LogP contribution is 2.26. The third kappa shape index (κ3) is 2.51. The predicted octanol–water partition coefficient (Wildman–Crippen LogP) is 1.83. The van der Waals surface area contributed by atoms with Crippen LogP contribution in [0.2, 0.25) is 0 Å². The Balaban J connectivity index is 2.27. The summed E-state index contributed by atoms with van der Waals surface area (Å²) in [6.07, 6.45) is 1.33. The fourth-order valence-electron chi connectivity index (χ4n) is 2.07. The predicted molar refractivity (Wildman–Crippen MR) is 65.0 cm³/mol. The van der Waals surface area contributed by atoms with Crippen LogP contribution in [0.25, 0.3) is 0 Å². The lowest BCUT2D eigenvalue weighted by atomic mass is 10.4. The smallest absolute Gasteiger partial charge is 0.245 e. The molecule has 1 aliphatic rings. The summed E-state index contributed by atoms with van der Waals surface area (Å²) >= 11 is 0. The third-order valence-electron chi connectivity index (χ3n) is 2.86. The lowest BCUT2D eigenvalue weighted by Crippen LogP contribution is -2.37. The molecule has 0 aromatic heterocycles. The van der Waals surface area contributed by atoms with Gasteiger partial charge in [0.25, 0.3) is 0 Å². The molecule has 2 rings (SSSR count). The van der Waals surface area contributed by atoms with E-state index in [0.717, 1.165) is 12.8 Å². The van der Waals surface area contributed by atoms with Crippen LogP contribution >= 0.6 is 0 Å². The van der Waals surface area contributed by atoms with Crippen molar-refractivity contribution in [3.63, 3.8) is 0 Å². The van der Waals surface area contributed by atoms with E-state index in [1.54, 1.807) is 24.3 Å². The van der Waals surface area contributed by atoms with Gasteiger partial charge < -0.3 is 4.74 Å². The molecule has 0 saturated carbocycles. The van der Waals surface area contributed by atoms with Gasteiger partial charge in [0.15, 0.2) is 0 Å². The van der Waals surface area contributed by atoms with E-state index in [9.17, 15) is 8.42 Å². The molecule has 0 spiro atoms. The Kier molecular flexibility index (Phi) is 3.81. The summed E-state index contributed by atoms with van der Waals surface area (Å²) in [7, 11) is -3.40. The lowest BCUT2D eigenvalue weighted by Gasteiger charge is -2.23. The Morgan fingerprint density at radius 3 is 2.71 bits per heavy atom. The van der Waals surface area contributed by atoms with Gasteiger partial charge in [-0.05, 0) is 31.9 Å². The second-order valence-corrected chi connectivity index (χ2v) is 5.87. The van der Waals surface area contributed by atoms with Crippen molar-refractivity contribution in [1.82, 2.24) is 4.31 Å². The first-order chi connectivity index (χ1) is 8.16. The maximum Gasteiger partial charge on any atom is 0.245 e. The van der Waals surface area contributed by atoms with Crippen LogP contribution in [0, 0.1) is 0 Å². The van der Waals surface area contributed by atoms with Crippen LogP contribution in [-0.2, 0) is 14.8 Å². The van der Waals surface area contributed by atoms with Crippen molar-refractivity contribution >= 4 is 10.0 Å². The minimum Gasteiger partial charge on any atom is -0.362 e. The SMILES string of the molecule is CCOC1CCCN1S(=O)(=O)c1ccccc1. The van der Waals surface area contributed by atoms with Crippen LogP contribution < -0.4 is 0 Å². The van der Waals surface area contributed by atoms with Crippen molar-refractivity contribution < 1.29 is 13.2 Å². The molecule has 0 aliphatic carbocycles. The average Bonchev–Trinajstić information content (AvgIpc) is 2.80. The quantitative estimate of drug-likeness (QED) is 0.824. The van der Waals surface area contributed by atoms with E-state index in [-0.39, 0.29) is 6.23 Å². The molecule has 1 aromatic rings. The van der Waals surface area contributed by atoms with Gasteiger partial charge in [-0.25, -0.2) is 8.42 Å². The molecule has 0 N–H and O–H groups in total. The molecular weight excluding hydrogens is 238 g/mol. The normalized spacial score (nSPS) is 21.8. The van der Waals surface area contributed by atoms with E-state index in [2.05, 4.69) is 0 Å². The Labute approximate surface area is 102 Å². The van der Waals surface area contributed by atoms with E-state index in [0.29, 0.717) is 18.0 Å². The third-order valence-corrected chi connectivity index (χ3v) is 4.76. The van der Waals surface area contributed by atoms with Gasteiger partial charge in [-0.15, -0.1) is 0 Å². The first kappa shape index (κ1) is 12.5. The minimum absolute atomic E-state index is 0.301. The van der Waals surface area contributed by atoms with Crippen LogP contribution in [0.3, 0.4) is 0 Å². The zero-order valence-electron chi connectivity index (χ0n) is 9.87. The number of hydrogen-bond donors (Lipinski definition) is 0. The second kappa shape index (κ2) is 5.16. The van der Waals surface area contributed by atoms with Gasteiger partial charge >= 0.3 is 0 Å². The number of ether oxygens (including phenoxy) is 1. The molecule has 5 heteroatoms. The van der Waals surface area contributed by atoms with Crippen molar-refractivity contribution in [2.45, 2.75) is 30.9 Å². The topological polar surface area (TPSA) is 46.6 Å². The van der Waals surface area contributed by atoms with Crippen molar-refractivity contribution in [3.8, 4) is 0 Å². The standard InChI is InChI=1S/C12H17NO3S/c1-2-16-12-9-6-10-13(12)17(14,15)11-7-4-3-5-8-11/h3-5,7-8,12H,2,6,9-10H2,1H3. The molecule has 0 amide bonds. The fraction of sp³-hybridized carbons (Fsp3) is 0.500.